The fraction of sp³-hybridized carbons (Fsp3) is 0.200. The highest BCUT2D eigenvalue weighted by atomic mass is 14.9. The van der Waals surface area contributed by atoms with Crippen LogP contribution in [-0.2, 0) is 0 Å². The molecule has 156 valence electrons. The molecule has 2 atom stereocenters. The number of rotatable bonds is 8. The maximum Gasteiger partial charge on any atom is 0.0384 e. The second-order valence-electron chi connectivity index (χ2n) is 8.11. The van der Waals surface area contributed by atoms with Crippen molar-refractivity contribution in [3.63, 3.8) is 0 Å². The van der Waals surface area contributed by atoms with Crippen LogP contribution in [0.1, 0.15) is 60.8 Å². The van der Waals surface area contributed by atoms with Gasteiger partial charge in [-0.25, -0.2) is 0 Å². The van der Waals surface area contributed by atoms with Gasteiger partial charge in [-0.05, 0) is 59.4 Å². The van der Waals surface area contributed by atoms with Crippen LogP contribution in [0.5, 0.6) is 0 Å². The third-order valence-corrected chi connectivity index (χ3v) is 6.14. The van der Waals surface area contributed by atoms with E-state index >= 15 is 0 Å². The van der Waals surface area contributed by atoms with Crippen molar-refractivity contribution in [3.8, 4) is 0 Å². The number of benzene rings is 4. The molecular weight excluding hydrogens is 374 g/mol. The summed E-state index contributed by atoms with van der Waals surface area (Å²) in [6.07, 6.45) is 2.19. The molecule has 0 aliphatic heterocycles. The van der Waals surface area contributed by atoms with E-state index < -0.39 is 0 Å². The SMILES string of the molecule is CCC(c1ccccc1)c1ccc(Nc2ccc(C(CC)c3ccccc3)cc2)cc1. The molecule has 1 N–H and O–H groups in total. The highest BCUT2D eigenvalue weighted by Crippen LogP contribution is 2.31. The molecule has 0 amide bonds. The van der Waals surface area contributed by atoms with Crippen LogP contribution in [0.25, 0.3) is 0 Å². The minimum absolute atomic E-state index is 0.443. The Bertz CT molecular complexity index is 962. The average molecular weight is 406 g/mol. The van der Waals surface area contributed by atoms with Crippen molar-refractivity contribution < 1.29 is 0 Å². The predicted molar refractivity (Wildman–Crippen MR) is 133 cm³/mol. The molecule has 0 bridgehead atoms. The lowest BCUT2D eigenvalue weighted by Crippen LogP contribution is -2.01. The second kappa shape index (κ2) is 10.1. The second-order valence-corrected chi connectivity index (χ2v) is 8.11. The molecule has 0 aliphatic rings. The van der Waals surface area contributed by atoms with E-state index in [1.807, 2.05) is 0 Å². The molecule has 4 aromatic rings. The maximum atomic E-state index is 3.55. The quantitative estimate of drug-likeness (QED) is 0.310. The van der Waals surface area contributed by atoms with Crippen molar-refractivity contribution >= 4 is 11.4 Å². The first-order valence-electron chi connectivity index (χ1n) is 11.3. The Labute approximate surface area is 186 Å². The minimum Gasteiger partial charge on any atom is -0.356 e. The molecular formula is C30H31N. The molecule has 2 unspecified atom stereocenters. The van der Waals surface area contributed by atoms with Crippen molar-refractivity contribution in [1.82, 2.24) is 0 Å². The first-order chi connectivity index (χ1) is 15.3. The van der Waals surface area contributed by atoms with Gasteiger partial charge in [0.1, 0.15) is 0 Å². The van der Waals surface area contributed by atoms with Crippen LogP contribution in [0.15, 0.2) is 109 Å². The molecule has 1 heteroatoms. The summed E-state index contributed by atoms with van der Waals surface area (Å²) >= 11 is 0. The maximum absolute atomic E-state index is 3.55. The highest BCUT2D eigenvalue weighted by molar-refractivity contribution is 5.60. The van der Waals surface area contributed by atoms with Crippen LogP contribution < -0.4 is 5.32 Å². The molecule has 1 nitrogen and oxygen atoms in total. The van der Waals surface area contributed by atoms with Gasteiger partial charge >= 0.3 is 0 Å². The topological polar surface area (TPSA) is 12.0 Å². The van der Waals surface area contributed by atoms with Gasteiger partial charge < -0.3 is 5.32 Å². The normalized spacial score (nSPS) is 12.8. The summed E-state index contributed by atoms with van der Waals surface area (Å²) in [5.74, 6) is 0.886. The van der Waals surface area contributed by atoms with Gasteiger partial charge in [0, 0.05) is 23.2 Å². The molecule has 0 radical (unpaired) electrons. The number of hydrogen-bond acceptors (Lipinski definition) is 1. The van der Waals surface area contributed by atoms with Crippen LogP contribution >= 0.6 is 0 Å². The monoisotopic (exact) mass is 405 g/mol. The summed E-state index contributed by atoms with van der Waals surface area (Å²) in [6, 6.07) is 39.3. The molecule has 0 fully saturated rings. The van der Waals surface area contributed by atoms with E-state index in [9.17, 15) is 0 Å². The highest BCUT2D eigenvalue weighted by Gasteiger charge is 2.13. The molecule has 0 heterocycles. The molecule has 0 aromatic heterocycles. The summed E-state index contributed by atoms with van der Waals surface area (Å²) in [4.78, 5) is 0. The third kappa shape index (κ3) is 5.06. The third-order valence-electron chi connectivity index (χ3n) is 6.14. The van der Waals surface area contributed by atoms with Gasteiger partial charge in [-0.3, -0.25) is 0 Å². The van der Waals surface area contributed by atoms with E-state index in [0.29, 0.717) is 11.8 Å². The number of nitrogens with one attached hydrogen (secondary N) is 1. The van der Waals surface area contributed by atoms with E-state index in [4.69, 9.17) is 0 Å². The lowest BCUT2D eigenvalue weighted by molar-refractivity contribution is 0.777. The van der Waals surface area contributed by atoms with E-state index in [0.717, 1.165) is 24.2 Å². The smallest absolute Gasteiger partial charge is 0.0384 e. The Morgan fingerprint density at radius 1 is 0.452 bits per heavy atom. The standard InChI is InChI=1S/C30H31N/c1-3-29(23-11-7-5-8-12-23)25-15-19-27(20-16-25)31-28-21-17-26(18-22-28)30(4-2)24-13-9-6-10-14-24/h5-22,29-31H,3-4H2,1-2H3. The summed E-state index contributed by atoms with van der Waals surface area (Å²) < 4.78 is 0. The zero-order valence-corrected chi connectivity index (χ0v) is 18.5. The molecule has 0 saturated heterocycles. The van der Waals surface area contributed by atoms with E-state index in [2.05, 4.69) is 128 Å². The van der Waals surface area contributed by atoms with Crippen molar-refractivity contribution in [2.45, 2.75) is 38.5 Å². The number of anilines is 2. The molecule has 4 rings (SSSR count). The lowest BCUT2D eigenvalue weighted by Gasteiger charge is -2.18. The van der Waals surface area contributed by atoms with Gasteiger partial charge in [-0.1, -0.05) is 98.8 Å². The predicted octanol–water partition coefficient (Wildman–Crippen LogP) is 8.51. The molecule has 31 heavy (non-hydrogen) atoms. The van der Waals surface area contributed by atoms with Crippen molar-refractivity contribution in [2.24, 2.45) is 0 Å². The lowest BCUT2D eigenvalue weighted by atomic mass is 9.89. The Kier molecular flexibility index (Phi) is 6.84. The minimum atomic E-state index is 0.443. The average Bonchev–Trinajstić information content (AvgIpc) is 2.84. The van der Waals surface area contributed by atoms with E-state index in [1.54, 1.807) is 0 Å². The first kappa shape index (κ1) is 20.9. The van der Waals surface area contributed by atoms with Crippen LogP contribution in [-0.4, -0.2) is 0 Å². The molecule has 0 saturated carbocycles. The van der Waals surface area contributed by atoms with Crippen molar-refractivity contribution in [2.75, 3.05) is 5.32 Å². The van der Waals surface area contributed by atoms with Gasteiger partial charge in [0.25, 0.3) is 0 Å². The van der Waals surface area contributed by atoms with Crippen LogP contribution in [0, 0.1) is 0 Å². The van der Waals surface area contributed by atoms with Gasteiger partial charge in [0.2, 0.25) is 0 Å². The molecule has 0 aliphatic carbocycles. The van der Waals surface area contributed by atoms with E-state index in [1.165, 1.54) is 22.3 Å². The Balaban J connectivity index is 1.46. The summed E-state index contributed by atoms with van der Waals surface area (Å²) in [7, 11) is 0. The summed E-state index contributed by atoms with van der Waals surface area (Å²) in [6.45, 7) is 4.51. The van der Waals surface area contributed by atoms with Gasteiger partial charge in [0.15, 0.2) is 0 Å². The van der Waals surface area contributed by atoms with Crippen molar-refractivity contribution in [3.05, 3.63) is 131 Å². The largest absolute Gasteiger partial charge is 0.356 e. The van der Waals surface area contributed by atoms with Crippen molar-refractivity contribution in [1.29, 1.82) is 0 Å². The van der Waals surface area contributed by atoms with Crippen LogP contribution in [0.2, 0.25) is 0 Å². The Morgan fingerprint density at radius 2 is 0.774 bits per heavy atom. The van der Waals surface area contributed by atoms with Crippen LogP contribution in [0.3, 0.4) is 0 Å². The zero-order valence-electron chi connectivity index (χ0n) is 18.5. The Morgan fingerprint density at radius 3 is 1.10 bits per heavy atom. The van der Waals surface area contributed by atoms with Gasteiger partial charge in [-0.2, -0.15) is 0 Å². The Hall–Kier alpha value is -3.32. The van der Waals surface area contributed by atoms with Gasteiger partial charge in [-0.15, -0.1) is 0 Å². The number of hydrogen-bond donors (Lipinski definition) is 1. The summed E-state index contributed by atoms with van der Waals surface area (Å²) in [5, 5.41) is 3.55. The van der Waals surface area contributed by atoms with Crippen LogP contribution in [0.4, 0.5) is 11.4 Å². The van der Waals surface area contributed by atoms with Gasteiger partial charge in [0.05, 0.1) is 0 Å². The first-order valence-corrected chi connectivity index (χ1v) is 11.3. The fourth-order valence-electron chi connectivity index (χ4n) is 4.46. The fourth-order valence-corrected chi connectivity index (χ4v) is 4.46. The van der Waals surface area contributed by atoms with E-state index in [-0.39, 0.29) is 0 Å². The molecule has 0 spiro atoms. The summed E-state index contributed by atoms with van der Waals surface area (Å²) in [5.41, 5.74) is 7.73. The molecule has 4 aromatic carbocycles. The zero-order chi connectivity index (χ0) is 21.5.